The van der Waals surface area contributed by atoms with Gasteiger partial charge in [0.05, 0.1) is 0 Å². The maximum absolute atomic E-state index is 12.9. The van der Waals surface area contributed by atoms with Crippen molar-refractivity contribution in [1.82, 2.24) is 0 Å². The molecule has 434 valence electrons. The highest BCUT2D eigenvalue weighted by Crippen LogP contribution is 2.19. The summed E-state index contributed by atoms with van der Waals surface area (Å²) < 4.78 is 17.0. The summed E-state index contributed by atoms with van der Waals surface area (Å²) in [6.07, 6.45) is 66.8. The van der Waals surface area contributed by atoms with Crippen LogP contribution < -0.4 is 0 Å². The Morgan fingerprint density at radius 3 is 0.671 bits per heavy atom. The Labute approximate surface area is 457 Å². The Bertz CT molecular complexity index is 1120. The fourth-order valence-electron chi connectivity index (χ4n) is 10.5. The minimum absolute atomic E-state index is 0.0615. The van der Waals surface area contributed by atoms with Crippen LogP contribution in [-0.2, 0) is 28.6 Å². The Balaban J connectivity index is 4.28. The van der Waals surface area contributed by atoms with E-state index in [-0.39, 0.29) is 31.1 Å². The van der Waals surface area contributed by atoms with Gasteiger partial charge in [-0.1, -0.05) is 343 Å². The van der Waals surface area contributed by atoms with Gasteiger partial charge in [0, 0.05) is 19.3 Å². The zero-order valence-corrected chi connectivity index (χ0v) is 50.3. The molecule has 0 bridgehead atoms. The molecule has 0 aromatic rings. The first-order valence-corrected chi connectivity index (χ1v) is 33.2. The van der Waals surface area contributed by atoms with E-state index in [1.54, 1.807) is 0 Å². The topological polar surface area (TPSA) is 78.9 Å². The summed E-state index contributed by atoms with van der Waals surface area (Å²) in [6.45, 7) is 11.5. The number of unbranched alkanes of at least 4 members (excludes halogenated alkanes) is 46. The predicted molar refractivity (Wildman–Crippen MR) is 316 cm³/mol. The van der Waals surface area contributed by atoms with E-state index in [0.29, 0.717) is 19.3 Å². The summed E-state index contributed by atoms with van der Waals surface area (Å²) in [6, 6.07) is 0. The lowest BCUT2D eigenvalue weighted by molar-refractivity contribution is -0.167. The third kappa shape index (κ3) is 61.1. The molecule has 0 aliphatic heterocycles. The van der Waals surface area contributed by atoms with Crippen LogP contribution in [-0.4, -0.2) is 37.2 Å². The second-order valence-corrected chi connectivity index (χ2v) is 24.1. The second kappa shape index (κ2) is 59.7. The van der Waals surface area contributed by atoms with Crippen molar-refractivity contribution in [3.63, 3.8) is 0 Å². The highest BCUT2D eigenvalue weighted by molar-refractivity contribution is 5.71. The number of hydrogen-bond acceptors (Lipinski definition) is 6. The first-order valence-electron chi connectivity index (χ1n) is 33.2. The molecule has 0 unspecified atom stereocenters. The zero-order valence-electron chi connectivity index (χ0n) is 50.3. The predicted octanol–water partition coefficient (Wildman–Crippen LogP) is 22.4. The fourth-order valence-corrected chi connectivity index (χ4v) is 10.5. The summed E-state index contributed by atoms with van der Waals surface area (Å²) >= 11 is 0. The van der Waals surface area contributed by atoms with Crippen molar-refractivity contribution in [1.29, 1.82) is 0 Å². The number of hydrogen-bond donors (Lipinski definition) is 0. The van der Waals surface area contributed by atoms with Crippen LogP contribution in [0.2, 0.25) is 0 Å². The van der Waals surface area contributed by atoms with Gasteiger partial charge in [0.2, 0.25) is 0 Å². The number of ether oxygens (including phenoxy) is 3. The van der Waals surface area contributed by atoms with E-state index in [9.17, 15) is 14.4 Å². The fraction of sp³-hybridized carbons (Fsp3) is 0.955. The average Bonchev–Trinajstić information content (AvgIpc) is 3.37. The van der Waals surface area contributed by atoms with Gasteiger partial charge in [-0.15, -0.1) is 0 Å². The minimum atomic E-state index is -0.764. The lowest BCUT2D eigenvalue weighted by Crippen LogP contribution is -2.30. The van der Waals surface area contributed by atoms with Gasteiger partial charge in [0.1, 0.15) is 13.2 Å². The lowest BCUT2D eigenvalue weighted by Gasteiger charge is -2.18. The van der Waals surface area contributed by atoms with E-state index in [1.165, 1.54) is 270 Å². The molecule has 0 saturated carbocycles. The summed E-state index contributed by atoms with van der Waals surface area (Å²) in [5, 5.41) is 0. The summed E-state index contributed by atoms with van der Waals surface area (Å²) in [5.74, 6) is 0.868. The molecule has 6 nitrogen and oxygen atoms in total. The standard InChI is InChI=1S/C67H130O6/c1-6-7-8-9-10-11-12-13-14-15-16-17-21-27-32-37-42-47-52-57-65(68)71-60-64(61-72-66(69)58-53-48-43-38-33-28-24-23-26-31-36-41-46-51-56-63(4)5)73-67(70)59-54-49-44-39-34-29-22-19-18-20-25-30-35-40-45-50-55-62(2)3/h62-64H,6-61H2,1-5H3/t64-/m1/s1. The maximum atomic E-state index is 12.9. The third-order valence-electron chi connectivity index (χ3n) is 15.5. The van der Waals surface area contributed by atoms with E-state index in [0.717, 1.165) is 69.6 Å². The minimum Gasteiger partial charge on any atom is -0.462 e. The Morgan fingerprint density at radius 1 is 0.260 bits per heavy atom. The highest BCUT2D eigenvalue weighted by Gasteiger charge is 2.19. The van der Waals surface area contributed by atoms with Crippen molar-refractivity contribution < 1.29 is 28.6 Å². The monoisotopic (exact) mass is 1030 g/mol. The largest absolute Gasteiger partial charge is 0.462 e. The van der Waals surface area contributed by atoms with E-state index < -0.39 is 6.10 Å². The molecule has 0 spiro atoms. The molecule has 0 aromatic heterocycles. The van der Waals surface area contributed by atoms with Crippen LogP contribution in [0, 0.1) is 11.8 Å². The molecule has 0 N–H and O–H groups in total. The molecule has 0 fully saturated rings. The number of carbonyl (C=O) groups is 3. The molecular formula is C67H130O6. The SMILES string of the molecule is CCCCCCCCCCCCCCCCCCCCCC(=O)OC[C@H](COC(=O)CCCCCCCCCCCCCCCCC(C)C)OC(=O)CCCCCCCCCCCCCCCCCCC(C)C. The third-order valence-corrected chi connectivity index (χ3v) is 15.5. The van der Waals surface area contributed by atoms with E-state index >= 15 is 0 Å². The molecule has 0 radical (unpaired) electrons. The van der Waals surface area contributed by atoms with Crippen molar-refractivity contribution in [2.75, 3.05) is 13.2 Å². The smallest absolute Gasteiger partial charge is 0.306 e. The molecule has 0 aliphatic rings. The van der Waals surface area contributed by atoms with E-state index in [4.69, 9.17) is 14.2 Å². The van der Waals surface area contributed by atoms with E-state index in [1.807, 2.05) is 0 Å². The van der Waals surface area contributed by atoms with Crippen LogP contribution in [0.4, 0.5) is 0 Å². The zero-order chi connectivity index (χ0) is 53.2. The lowest BCUT2D eigenvalue weighted by atomic mass is 10.0. The van der Waals surface area contributed by atoms with Crippen molar-refractivity contribution >= 4 is 17.9 Å². The molecule has 0 saturated heterocycles. The molecule has 0 amide bonds. The molecule has 6 heteroatoms. The Morgan fingerprint density at radius 2 is 0.452 bits per heavy atom. The van der Waals surface area contributed by atoms with Gasteiger partial charge < -0.3 is 14.2 Å². The molecule has 1 atom stereocenters. The molecule has 0 heterocycles. The van der Waals surface area contributed by atoms with Crippen molar-refractivity contribution in [2.24, 2.45) is 11.8 Å². The van der Waals surface area contributed by atoms with Gasteiger partial charge in [-0.05, 0) is 31.1 Å². The van der Waals surface area contributed by atoms with Crippen LogP contribution in [0.3, 0.4) is 0 Å². The second-order valence-electron chi connectivity index (χ2n) is 24.1. The number of rotatable bonds is 61. The van der Waals surface area contributed by atoms with Crippen LogP contribution >= 0.6 is 0 Å². The number of esters is 3. The van der Waals surface area contributed by atoms with Gasteiger partial charge in [-0.25, -0.2) is 0 Å². The number of carbonyl (C=O) groups excluding carboxylic acids is 3. The molecule has 0 aliphatic carbocycles. The summed E-state index contributed by atoms with van der Waals surface area (Å²) in [4.78, 5) is 38.4. The van der Waals surface area contributed by atoms with E-state index in [2.05, 4.69) is 34.6 Å². The van der Waals surface area contributed by atoms with Crippen LogP contribution in [0.1, 0.15) is 381 Å². The maximum Gasteiger partial charge on any atom is 0.306 e. The van der Waals surface area contributed by atoms with Crippen LogP contribution in [0.15, 0.2) is 0 Å². The van der Waals surface area contributed by atoms with Gasteiger partial charge in [0.15, 0.2) is 6.10 Å². The van der Waals surface area contributed by atoms with Gasteiger partial charge in [-0.2, -0.15) is 0 Å². The van der Waals surface area contributed by atoms with Gasteiger partial charge in [-0.3, -0.25) is 14.4 Å². The Kier molecular flexibility index (Phi) is 58.4. The molecular weight excluding hydrogens is 901 g/mol. The van der Waals surface area contributed by atoms with Crippen molar-refractivity contribution in [3.05, 3.63) is 0 Å². The first kappa shape index (κ1) is 71.4. The van der Waals surface area contributed by atoms with Gasteiger partial charge in [0.25, 0.3) is 0 Å². The average molecular weight is 1030 g/mol. The highest BCUT2D eigenvalue weighted by atomic mass is 16.6. The van der Waals surface area contributed by atoms with Gasteiger partial charge >= 0.3 is 17.9 Å². The van der Waals surface area contributed by atoms with Crippen LogP contribution in [0.25, 0.3) is 0 Å². The molecule has 0 aromatic carbocycles. The van der Waals surface area contributed by atoms with Crippen LogP contribution in [0.5, 0.6) is 0 Å². The van der Waals surface area contributed by atoms with Crippen molar-refractivity contribution in [2.45, 2.75) is 387 Å². The molecule has 73 heavy (non-hydrogen) atoms. The van der Waals surface area contributed by atoms with Crippen molar-refractivity contribution in [3.8, 4) is 0 Å². The quantitative estimate of drug-likeness (QED) is 0.0343. The Hall–Kier alpha value is -1.59. The molecule has 0 rings (SSSR count). The summed E-state index contributed by atoms with van der Waals surface area (Å²) in [5.41, 5.74) is 0. The summed E-state index contributed by atoms with van der Waals surface area (Å²) in [7, 11) is 0. The normalized spacial score (nSPS) is 12.0. The first-order chi connectivity index (χ1) is 35.7.